The van der Waals surface area contributed by atoms with Gasteiger partial charge in [-0.1, -0.05) is 41.6 Å². The van der Waals surface area contributed by atoms with Crippen LogP contribution in [0.25, 0.3) is 10.6 Å². The van der Waals surface area contributed by atoms with Crippen LogP contribution in [0, 0.1) is 0 Å². The Kier molecular flexibility index (Phi) is 4.72. The van der Waals surface area contributed by atoms with Gasteiger partial charge in [0.2, 0.25) is 11.8 Å². The predicted octanol–water partition coefficient (Wildman–Crippen LogP) is 3.07. The van der Waals surface area contributed by atoms with Crippen molar-refractivity contribution in [3.63, 3.8) is 0 Å². The molecule has 122 valence electrons. The number of nitrogens with two attached hydrogens (primary N) is 1. The number of primary amides is 1. The van der Waals surface area contributed by atoms with E-state index >= 15 is 0 Å². The standard InChI is InChI=1S/C17H15N3O3S/c18-16(22)14-15(12-7-4-10-24-12)20-23-17(14)19-13(21)9-8-11-5-2-1-3-6-11/h1-7,10H,8-9H2,(H2,18,22)(H,19,21). The molecule has 0 saturated carbocycles. The molecule has 3 aromatic rings. The molecule has 24 heavy (non-hydrogen) atoms. The lowest BCUT2D eigenvalue weighted by Gasteiger charge is -2.03. The zero-order chi connectivity index (χ0) is 16.9. The van der Waals surface area contributed by atoms with E-state index in [1.807, 2.05) is 41.8 Å². The van der Waals surface area contributed by atoms with Crippen molar-refractivity contribution in [2.45, 2.75) is 12.8 Å². The molecule has 0 atom stereocenters. The van der Waals surface area contributed by atoms with Crippen LogP contribution in [-0.4, -0.2) is 17.0 Å². The molecular weight excluding hydrogens is 326 g/mol. The summed E-state index contributed by atoms with van der Waals surface area (Å²) in [7, 11) is 0. The molecular formula is C17H15N3O3S. The molecule has 0 aliphatic rings. The van der Waals surface area contributed by atoms with Crippen molar-refractivity contribution in [3.8, 4) is 10.6 Å². The van der Waals surface area contributed by atoms with Crippen LogP contribution in [0.4, 0.5) is 5.88 Å². The molecule has 3 rings (SSSR count). The first kappa shape index (κ1) is 15.9. The molecule has 0 aliphatic heterocycles. The van der Waals surface area contributed by atoms with Gasteiger partial charge in [0.1, 0.15) is 11.3 Å². The Bertz CT molecular complexity index is 841. The molecule has 0 aliphatic carbocycles. The largest absolute Gasteiger partial charge is 0.365 e. The van der Waals surface area contributed by atoms with Crippen molar-refractivity contribution in [2.75, 3.05) is 5.32 Å². The van der Waals surface area contributed by atoms with Gasteiger partial charge in [0.15, 0.2) is 0 Å². The van der Waals surface area contributed by atoms with Gasteiger partial charge < -0.3 is 10.3 Å². The van der Waals surface area contributed by atoms with E-state index in [1.165, 1.54) is 11.3 Å². The number of benzene rings is 1. The lowest BCUT2D eigenvalue weighted by Crippen LogP contribution is -2.17. The molecule has 6 nitrogen and oxygen atoms in total. The minimum Gasteiger partial charge on any atom is -0.365 e. The summed E-state index contributed by atoms with van der Waals surface area (Å²) in [5.74, 6) is -0.975. The molecule has 1 aromatic carbocycles. The molecule has 2 amide bonds. The molecule has 3 N–H and O–H groups in total. The van der Waals surface area contributed by atoms with Crippen molar-refractivity contribution in [2.24, 2.45) is 5.73 Å². The van der Waals surface area contributed by atoms with Gasteiger partial charge in [0, 0.05) is 6.42 Å². The van der Waals surface area contributed by atoms with E-state index in [4.69, 9.17) is 10.3 Å². The van der Waals surface area contributed by atoms with Gasteiger partial charge in [-0.25, -0.2) is 0 Å². The van der Waals surface area contributed by atoms with Crippen LogP contribution in [0.1, 0.15) is 22.3 Å². The third-order valence-electron chi connectivity index (χ3n) is 3.43. The SMILES string of the molecule is NC(=O)c1c(-c2cccs2)noc1NC(=O)CCc1ccccc1. The fraction of sp³-hybridized carbons (Fsp3) is 0.118. The summed E-state index contributed by atoms with van der Waals surface area (Å²) in [6, 6.07) is 13.3. The van der Waals surface area contributed by atoms with Crippen molar-refractivity contribution in [1.82, 2.24) is 5.16 Å². The Morgan fingerprint density at radius 3 is 2.62 bits per heavy atom. The Labute approximate surface area is 142 Å². The van der Waals surface area contributed by atoms with Gasteiger partial charge in [-0.05, 0) is 23.4 Å². The number of anilines is 1. The van der Waals surface area contributed by atoms with Gasteiger partial charge in [0.25, 0.3) is 5.91 Å². The molecule has 0 bridgehead atoms. The number of aryl methyl sites for hydroxylation is 1. The average molecular weight is 341 g/mol. The Balaban J connectivity index is 1.73. The number of carbonyl (C=O) groups excluding carboxylic acids is 2. The van der Waals surface area contributed by atoms with Gasteiger partial charge in [-0.3, -0.25) is 14.9 Å². The summed E-state index contributed by atoms with van der Waals surface area (Å²) >= 11 is 1.40. The lowest BCUT2D eigenvalue weighted by molar-refractivity contribution is -0.116. The predicted molar refractivity (Wildman–Crippen MR) is 91.7 cm³/mol. The van der Waals surface area contributed by atoms with Crippen LogP contribution in [-0.2, 0) is 11.2 Å². The summed E-state index contributed by atoms with van der Waals surface area (Å²) in [5.41, 5.74) is 6.91. The summed E-state index contributed by atoms with van der Waals surface area (Å²) in [5, 5.41) is 8.31. The van der Waals surface area contributed by atoms with Crippen LogP contribution in [0.2, 0.25) is 0 Å². The van der Waals surface area contributed by atoms with Crippen molar-refractivity contribution in [1.29, 1.82) is 0 Å². The van der Waals surface area contributed by atoms with E-state index in [1.54, 1.807) is 6.07 Å². The molecule has 7 heteroatoms. The number of hydrogen-bond donors (Lipinski definition) is 2. The third-order valence-corrected chi connectivity index (χ3v) is 4.31. The Morgan fingerprint density at radius 2 is 1.96 bits per heavy atom. The van der Waals surface area contributed by atoms with Crippen LogP contribution in [0.5, 0.6) is 0 Å². The number of nitrogens with zero attached hydrogens (tertiary/aromatic N) is 1. The topological polar surface area (TPSA) is 98.2 Å². The smallest absolute Gasteiger partial charge is 0.256 e. The van der Waals surface area contributed by atoms with E-state index in [-0.39, 0.29) is 23.8 Å². The first-order valence-corrected chi connectivity index (χ1v) is 8.20. The fourth-order valence-corrected chi connectivity index (χ4v) is 2.99. The summed E-state index contributed by atoms with van der Waals surface area (Å²) < 4.78 is 5.13. The van der Waals surface area contributed by atoms with Crippen LogP contribution in [0.15, 0.2) is 52.4 Å². The fourth-order valence-electron chi connectivity index (χ4n) is 2.28. The number of nitrogens with one attached hydrogen (secondary N) is 1. The summed E-state index contributed by atoms with van der Waals surface area (Å²) in [4.78, 5) is 24.6. The second-order valence-corrected chi connectivity index (χ2v) is 6.06. The minimum absolute atomic E-state index is 0.0102. The normalized spacial score (nSPS) is 10.5. The van der Waals surface area contributed by atoms with E-state index in [0.717, 1.165) is 10.4 Å². The third kappa shape index (κ3) is 3.52. The van der Waals surface area contributed by atoms with Crippen molar-refractivity contribution in [3.05, 3.63) is 59.0 Å². The molecule has 0 unspecified atom stereocenters. The van der Waals surface area contributed by atoms with Gasteiger partial charge >= 0.3 is 0 Å². The van der Waals surface area contributed by atoms with E-state index < -0.39 is 5.91 Å². The first-order valence-electron chi connectivity index (χ1n) is 7.32. The lowest BCUT2D eigenvalue weighted by atomic mass is 10.1. The summed E-state index contributed by atoms with van der Waals surface area (Å²) in [6.07, 6.45) is 0.849. The number of hydrogen-bond acceptors (Lipinski definition) is 5. The maximum atomic E-state index is 12.1. The van der Waals surface area contributed by atoms with E-state index in [9.17, 15) is 9.59 Å². The molecule has 0 fully saturated rings. The van der Waals surface area contributed by atoms with Gasteiger partial charge in [-0.2, -0.15) is 0 Å². The Morgan fingerprint density at radius 1 is 1.17 bits per heavy atom. The van der Waals surface area contributed by atoms with Crippen LogP contribution < -0.4 is 11.1 Å². The highest BCUT2D eigenvalue weighted by Gasteiger charge is 2.24. The quantitative estimate of drug-likeness (QED) is 0.720. The van der Waals surface area contributed by atoms with E-state index in [2.05, 4.69) is 10.5 Å². The maximum absolute atomic E-state index is 12.1. The average Bonchev–Trinajstić information content (AvgIpc) is 3.23. The van der Waals surface area contributed by atoms with Gasteiger partial charge in [-0.15, -0.1) is 11.3 Å². The second kappa shape index (κ2) is 7.10. The van der Waals surface area contributed by atoms with Crippen molar-refractivity contribution >= 4 is 29.0 Å². The number of rotatable bonds is 6. The van der Waals surface area contributed by atoms with Crippen LogP contribution >= 0.6 is 11.3 Å². The maximum Gasteiger partial charge on any atom is 0.256 e. The minimum atomic E-state index is -0.696. The highest BCUT2D eigenvalue weighted by atomic mass is 32.1. The summed E-state index contributed by atoms with van der Waals surface area (Å²) in [6.45, 7) is 0. The number of amides is 2. The molecule has 2 heterocycles. The van der Waals surface area contributed by atoms with E-state index in [0.29, 0.717) is 12.1 Å². The molecule has 2 aromatic heterocycles. The molecule has 0 saturated heterocycles. The monoisotopic (exact) mass is 341 g/mol. The zero-order valence-corrected chi connectivity index (χ0v) is 13.5. The van der Waals surface area contributed by atoms with Crippen molar-refractivity contribution < 1.29 is 14.1 Å². The second-order valence-electron chi connectivity index (χ2n) is 5.11. The molecule has 0 radical (unpaired) electrons. The highest BCUT2D eigenvalue weighted by molar-refractivity contribution is 7.13. The molecule has 0 spiro atoms. The highest BCUT2D eigenvalue weighted by Crippen LogP contribution is 2.31. The number of carbonyl (C=O) groups is 2. The first-order chi connectivity index (χ1) is 11.6. The Hall–Kier alpha value is -2.93. The number of aromatic nitrogens is 1. The van der Waals surface area contributed by atoms with Crippen LogP contribution in [0.3, 0.4) is 0 Å². The number of thiophene rings is 1. The van der Waals surface area contributed by atoms with Gasteiger partial charge in [0.05, 0.1) is 4.88 Å². The zero-order valence-electron chi connectivity index (χ0n) is 12.7.